The van der Waals surface area contributed by atoms with Crippen LogP contribution < -0.4 is 0 Å². The highest BCUT2D eigenvalue weighted by Crippen LogP contribution is 2.14. The largest absolute Gasteiger partial charge is 0.487 e. The van der Waals surface area contributed by atoms with Gasteiger partial charge in [0.15, 0.2) is 0 Å². The summed E-state index contributed by atoms with van der Waals surface area (Å²) < 4.78 is 13.1. The van der Waals surface area contributed by atoms with Crippen molar-refractivity contribution in [3.05, 3.63) is 41.7 Å². The number of ether oxygens (including phenoxy) is 2. The first-order valence-corrected chi connectivity index (χ1v) is 6.58. The van der Waals surface area contributed by atoms with Gasteiger partial charge in [-0.25, -0.2) is 4.98 Å². The molecular weight excluding hydrogens is 240 g/mol. The van der Waals surface area contributed by atoms with Gasteiger partial charge >= 0.3 is 0 Å². The highest BCUT2D eigenvalue weighted by atomic mass is 16.5. The molecule has 1 aromatic rings. The zero-order valence-corrected chi connectivity index (χ0v) is 12.5. The predicted octanol–water partition coefficient (Wildman–Crippen LogP) is 3.21. The van der Waals surface area contributed by atoms with Crippen molar-refractivity contribution in [2.45, 2.75) is 39.9 Å². The molecule has 0 radical (unpaired) electrons. The number of imidazole rings is 1. The zero-order chi connectivity index (χ0) is 14.3. The summed E-state index contributed by atoms with van der Waals surface area (Å²) in [6.45, 7) is 6.60. The number of hydrogen-bond acceptors (Lipinski definition) is 3. The Morgan fingerprint density at radius 2 is 2.26 bits per heavy atom. The summed E-state index contributed by atoms with van der Waals surface area (Å²) in [6.07, 6.45) is 8.80. The monoisotopic (exact) mass is 264 g/mol. The average molecular weight is 264 g/mol. The van der Waals surface area contributed by atoms with Crippen molar-refractivity contribution in [3.63, 3.8) is 0 Å². The van der Waals surface area contributed by atoms with Crippen LogP contribution in [0.25, 0.3) is 0 Å². The molecule has 0 saturated carbocycles. The summed E-state index contributed by atoms with van der Waals surface area (Å²) in [6, 6.07) is 0. The minimum atomic E-state index is -0.0690. The normalized spacial score (nSPS) is 14.6. The summed E-state index contributed by atoms with van der Waals surface area (Å²) in [7, 11) is 3.64. The lowest BCUT2D eigenvalue weighted by Gasteiger charge is -2.16. The molecule has 1 heterocycles. The third-order valence-electron chi connectivity index (χ3n) is 2.94. The molecule has 1 unspecified atom stereocenters. The fourth-order valence-electron chi connectivity index (χ4n) is 1.68. The van der Waals surface area contributed by atoms with Crippen LogP contribution in [0.5, 0.6) is 0 Å². The van der Waals surface area contributed by atoms with E-state index in [0.29, 0.717) is 6.61 Å². The van der Waals surface area contributed by atoms with E-state index in [-0.39, 0.29) is 6.10 Å². The zero-order valence-electron chi connectivity index (χ0n) is 12.5. The third kappa shape index (κ3) is 4.91. The van der Waals surface area contributed by atoms with E-state index in [1.807, 2.05) is 30.8 Å². The summed E-state index contributed by atoms with van der Waals surface area (Å²) in [4.78, 5) is 4.24. The Bertz CT molecular complexity index is 447. The molecule has 1 aromatic heterocycles. The van der Waals surface area contributed by atoms with E-state index in [9.17, 15) is 0 Å². The van der Waals surface area contributed by atoms with Crippen LogP contribution in [0.4, 0.5) is 0 Å². The van der Waals surface area contributed by atoms with Gasteiger partial charge in [0.2, 0.25) is 0 Å². The van der Waals surface area contributed by atoms with Crippen LogP contribution >= 0.6 is 0 Å². The van der Waals surface area contributed by atoms with Gasteiger partial charge in [-0.2, -0.15) is 0 Å². The Kier molecular flexibility index (Phi) is 6.36. The highest BCUT2D eigenvalue weighted by molar-refractivity contribution is 5.20. The molecule has 0 N–H and O–H groups in total. The number of allylic oxidation sites excluding steroid dienone is 3. The number of nitrogens with zero attached hydrogens (tertiary/aromatic N) is 2. The van der Waals surface area contributed by atoms with Gasteiger partial charge in [0.1, 0.15) is 24.3 Å². The number of hydrogen-bond donors (Lipinski definition) is 0. The molecule has 106 valence electrons. The molecule has 4 nitrogen and oxygen atoms in total. The van der Waals surface area contributed by atoms with Gasteiger partial charge in [-0.15, -0.1) is 0 Å². The van der Waals surface area contributed by atoms with Gasteiger partial charge in [0, 0.05) is 26.6 Å². The van der Waals surface area contributed by atoms with Crippen molar-refractivity contribution in [3.8, 4) is 0 Å². The minimum absolute atomic E-state index is 0.0690. The average Bonchev–Trinajstić information content (AvgIpc) is 2.79. The molecule has 1 rings (SSSR count). The maximum Gasteiger partial charge on any atom is 0.146 e. The van der Waals surface area contributed by atoms with E-state index in [2.05, 4.69) is 24.9 Å². The number of rotatable bonds is 7. The number of aromatic nitrogens is 2. The Morgan fingerprint density at radius 3 is 2.79 bits per heavy atom. The van der Waals surface area contributed by atoms with E-state index in [0.717, 1.165) is 18.0 Å². The highest BCUT2D eigenvalue weighted by Gasteiger charge is 2.10. The van der Waals surface area contributed by atoms with Crippen molar-refractivity contribution in [2.75, 3.05) is 7.11 Å². The second-order valence-corrected chi connectivity index (χ2v) is 4.52. The molecule has 0 aliphatic rings. The first-order valence-electron chi connectivity index (χ1n) is 6.58. The molecule has 0 saturated heterocycles. The smallest absolute Gasteiger partial charge is 0.146 e. The van der Waals surface area contributed by atoms with Gasteiger partial charge in [0.25, 0.3) is 0 Å². The molecule has 19 heavy (non-hydrogen) atoms. The lowest BCUT2D eigenvalue weighted by Crippen LogP contribution is -2.13. The Balaban J connectivity index is 2.76. The summed E-state index contributed by atoms with van der Waals surface area (Å²) in [5.74, 6) is 1.72. The standard InChI is InChI=1S/C15H24N2O2/c1-6-7-12(2)10-14(13(3)18-5)19-11-15-16-8-9-17(15)4/h7-10,13H,6,11H2,1-5H3/b12-7-,14-10+. The first-order chi connectivity index (χ1) is 9.08. The van der Waals surface area contributed by atoms with Crippen molar-refractivity contribution in [1.29, 1.82) is 0 Å². The Labute approximate surface area is 115 Å². The predicted molar refractivity (Wildman–Crippen MR) is 76.6 cm³/mol. The van der Waals surface area contributed by atoms with Crippen LogP contribution in [-0.2, 0) is 23.1 Å². The van der Waals surface area contributed by atoms with E-state index in [4.69, 9.17) is 9.47 Å². The van der Waals surface area contributed by atoms with E-state index >= 15 is 0 Å². The molecule has 0 spiro atoms. The number of aryl methyl sites for hydroxylation is 1. The van der Waals surface area contributed by atoms with Crippen LogP contribution in [0.3, 0.4) is 0 Å². The van der Waals surface area contributed by atoms with Gasteiger partial charge in [-0.3, -0.25) is 0 Å². The lowest BCUT2D eigenvalue weighted by atomic mass is 10.2. The Hall–Kier alpha value is -1.55. The van der Waals surface area contributed by atoms with Crippen molar-refractivity contribution in [2.24, 2.45) is 7.05 Å². The van der Waals surface area contributed by atoms with E-state index < -0.39 is 0 Å². The second kappa shape index (κ2) is 7.79. The van der Waals surface area contributed by atoms with Gasteiger partial charge < -0.3 is 14.0 Å². The fraction of sp³-hybridized carbons (Fsp3) is 0.533. The molecule has 4 heteroatoms. The maximum absolute atomic E-state index is 5.85. The fourth-order valence-corrected chi connectivity index (χ4v) is 1.68. The molecule has 0 bridgehead atoms. The van der Waals surface area contributed by atoms with Gasteiger partial charge in [-0.1, -0.05) is 18.6 Å². The lowest BCUT2D eigenvalue weighted by molar-refractivity contribution is 0.0660. The van der Waals surface area contributed by atoms with Crippen LogP contribution in [0.15, 0.2) is 35.9 Å². The quantitative estimate of drug-likeness (QED) is 0.560. The van der Waals surface area contributed by atoms with Crippen molar-refractivity contribution < 1.29 is 9.47 Å². The molecule has 0 aliphatic heterocycles. The first kappa shape index (κ1) is 15.5. The summed E-state index contributed by atoms with van der Waals surface area (Å²) >= 11 is 0. The molecule has 1 atom stereocenters. The molecular formula is C15H24N2O2. The van der Waals surface area contributed by atoms with Crippen LogP contribution in [-0.4, -0.2) is 22.8 Å². The summed E-state index contributed by atoms with van der Waals surface area (Å²) in [5, 5.41) is 0. The van der Waals surface area contributed by atoms with Gasteiger partial charge in [0.05, 0.1) is 0 Å². The van der Waals surface area contributed by atoms with Crippen LogP contribution in [0.2, 0.25) is 0 Å². The molecule has 0 amide bonds. The van der Waals surface area contributed by atoms with Crippen molar-refractivity contribution in [1.82, 2.24) is 9.55 Å². The van der Waals surface area contributed by atoms with E-state index in [1.165, 1.54) is 5.57 Å². The molecule has 0 aliphatic carbocycles. The van der Waals surface area contributed by atoms with Crippen molar-refractivity contribution >= 4 is 0 Å². The number of methoxy groups -OCH3 is 1. The van der Waals surface area contributed by atoms with Crippen LogP contribution in [0, 0.1) is 0 Å². The van der Waals surface area contributed by atoms with Crippen LogP contribution in [0.1, 0.15) is 33.0 Å². The molecule has 0 fully saturated rings. The topological polar surface area (TPSA) is 36.3 Å². The summed E-state index contributed by atoms with van der Waals surface area (Å²) in [5.41, 5.74) is 1.18. The third-order valence-corrected chi connectivity index (χ3v) is 2.94. The second-order valence-electron chi connectivity index (χ2n) is 4.52. The minimum Gasteiger partial charge on any atom is -0.487 e. The van der Waals surface area contributed by atoms with Gasteiger partial charge in [-0.05, 0) is 26.3 Å². The van der Waals surface area contributed by atoms with E-state index in [1.54, 1.807) is 13.3 Å². The molecule has 0 aromatic carbocycles. The maximum atomic E-state index is 5.85. The SMILES string of the molecule is CC/C=C(C)\C=C(\OCc1nccn1C)C(C)OC. The Morgan fingerprint density at radius 1 is 1.53 bits per heavy atom.